The molecule has 1 N–H and O–H groups in total. The van der Waals surface area contributed by atoms with Crippen molar-refractivity contribution >= 4 is 28.6 Å². The molecule has 0 radical (unpaired) electrons. The van der Waals surface area contributed by atoms with Crippen molar-refractivity contribution in [3.8, 4) is 5.88 Å². The van der Waals surface area contributed by atoms with Gasteiger partial charge in [0.2, 0.25) is 5.88 Å². The summed E-state index contributed by atoms with van der Waals surface area (Å²) in [5.41, 5.74) is -0.568. The summed E-state index contributed by atoms with van der Waals surface area (Å²) in [6.45, 7) is -1.29. The van der Waals surface area contributed by atoms with E-state index in [2.05, 4.69) is 9.72 Å². The number of pyridine rings is 1. The second-order valence-electron chi connectivity index (χ2n) is 3.12. The number of rotatable bonds is 4. The van der Waals surface area contributed by atoms with Crippen molar-refractivity contribution in [2.24, 2.45) is 0 Å². The Balaban J connectivity index is 3.24. The number of alkyl halides is 4. The maximum absolute atomic E-state index is 12.8. The predicted molar refractivity (Wildman–Crippen MR) is 59.8 cm³/mol. The van der Waals surface area contributed by atoms with Crippen molar-refractivity contribution in [2.75, 3.05) is 0 Å². The number of hydrogen-bond acceptors (Lipinski definition) is 3. The van der Waals surface area contributed by atoms with E-state index in [0.717, 1.165) is 6.20 Å². The lowest BCUT2D eigenvalue weighted by Crippen LogP contribution is -2.20. The number of aromatic nitrogens is 1. The maximum atomic E-state index is 12.8. The Hall–Kier alpha value is -1.13. The summed E-state index contributed by atoms with van der Waals surface area (Å²) in [4.78, 5) is 13.9. The van der Waals surface area contributed by atoms with Crippen LogP contribution in [0.3, 0.4) is 0 Å². The Bertz CT molecular complexity index is 464. The first kappa shape index (κ1) is 14.9. The Kier molecular flexibility index (Phi) is 4.71. The molecule has 0 spiro atoms. The molecule has 1 aromatic rings. The lowest BCUT2D eigenvalue weighted by Gasteiger charge is -2.14. The molecule has 18 heavy (non-hydrogen) atoms. The number of carboxylic acid groups (broad SMARTS) is 1. The molecule has 1 rings (SSSR count). The molecule has 0 aliphatic heterocycles. The molecular formula is C9H6F4INO3. The zero-order valence-electron chi connectivity index (χ0n) is 8.59. The Morgan fingerprint density at radius 2 is 2.06 bits per heavy atom. The minimum Gasteiger partial charge on any atom is -0.481 e. The van der Waals surface area contributed by atoms with E-state index in [4.69, 9.17) is 5.11 Å². The molecule has 0 amide bonds. The second kappa shape index (κ2) is 5.67. The normalized spacial score (nSPS) is 11.4. The number of ether oxygens (including phenoxy) is 1. The van der Waals surface area contributed by atoms with Crippen molar-refractivity contribution in [2.45, 2.75) is 19.5 Å². The first-order valence-corrected chi connectivity index (χ1v) is 5.52. The van der Waals surface area contributed by atoms with Crippen LogP contribution in [0.25, 0.3) is 0 Å². The highest BCUT2D eigenvalue weighted by atomic mass is 127. The van der Waals surface area contributed by atoms with Crippen LogP contribution in [0, 0.1) is 3.57 Å². The molecule has 4 nitrogen and oxygen atoms in total. The van der Waals surface area contributed by atoms with E-state index in [1.54, 1.807) is 22.6 Å². The van der Waals surface area contributed by atoms with E-state index in [-0.39, 0.29) is 9.13 Å². The third kappa shape index (κ3) is 3.96. The molecular weight excluding hydrogens is 373 g/mol. The van der Waals surface area contributed by atoms with Gasteiger partial charge in [0.05, 0.1) is 12.0 Å². The van der Waals surface area contributed by atoms with Gasteiger partial charge in [-0.15, -0.1) is 13.2 Å². The van der Waals surface area contributed by atoms with Crippen LogP contribution in [0.5, 0.6) is 5.88 Å². The molecule has 9 heteroatoms. The van der Waals surface area contributed by atoms with Crippen LogP contribution in [0.15, 0.2) is 6.20 Å². The van der Waals surface area contributed by atoms with Crippen LogP contribution in [-0.4, -0.2) is 22.4 Å². The standard InChI is InChI=1S/C9H6F4INO3/c10-2-5-4(1-7(16)17)6(14)3-15-8(5)18-9(11,12)13/h3H,1-2H2,(H,16,17). The summed E-state index contributed by atoms with van der Waals surface area (Å²) >= 11 is 1.67. The van der Waals surface area contributed by atoms with Crippen LogP contribution in [-0.2, 0) is 17.9 Å². The molecule has 0 aliphatic carbocycles. The minimum absolute atomic E-state index is 0.0696. The molecule has 1 aromatic heterocycles. The molecule has 0 fully saturated rings. The van der Waals surface area contributed by atoms with Crippen molar-refractivity contribution < 1.29 is 32.2 Å². The van der Waals surface area contributed by atoms with Crippen molar-refractivity contribution in [3.05, 3.63) is 20.9 Å². The zero-order valence-corrected chi connectivity index (χ0v) is 10.7. The van der Waals surface area contributed by atoms with Gasteiger partial charge >= 0.3 is 12.3 Å². The van der Waals surface area contributed by atoms with Gasteiger partial charge < -0.3 is 9.84 Å². The van der Waals surface area contributed by atoms with Crippen molar-refractivity contribution in [3.63, 3.8) is 0 Å². The van der Waals surface area contributed by atoms with Crippen molar-refractivity contribution in [1.29, 1.82) is 0 Å². The third-order valence-electron chi connectivity index (χ3n) is 1.88. The highest BCUT2D eigenvalue weighted by molar-refractivity contribution is 14.1. The van der Waals surface area contributed by atoms with Gasteiger partial charge in [0.15, 0.2) is 0 Å². The molecule has 0 unspecified atom stereocenters. The van der Waals surface area contributed by atoms with E-state index in [1.165, 1.54) is 0 Å². The van der Waals surface area contributed by atoms with Gasteiger partial charge in [-0.25, -0.2) is 9.37 Å². The summed E-state index contributed by atoms with van der Waals surface area (Å²) in [5, 5.41) is 8.63. The SMILES string of the molecule is O=C(O)Cc1c(I)cnc(OC(F)(F)F)c1CF. The summed E-state index contributed by atoms with van der Waals surface area (Å²) in [7, 11) is 0. The monoisotopic (exact) mass is 379 g/mol. The van der Waals surface area contributed by atoms with Gasteiger partial charge in [-0.3, -0.25) is 4.79 Å². The van der Waals surface area contributed by atoms with Gasteiger partial charge in [0.25, 0.3) is 0 Å². The summed E-state index contributed by atoms with van der Waals surface area (Å²) in [6, 6.07) is 0. The molecule has 0 atom stereocenters. The van der Waals surface area contributed by atoms with E-state index >= 15 is 0 Å². The lowest BCUT2D eigenvalue weighted by molar-refractivity contribution is -0.276. The predicted octanol–water partition coefficient (Wildman–Crippen LogP) is 2.68. The van der Waals surface area contributed by atoms with E-state index in [9.17, 15) is 22.4 Å². The highest BCUT2D eigenvalue weighted by Gasteiger charge is 2.33. The van der Waals surface area contributed by atoms with Gasteiger partial charge in [-0.05, 0) is 28.2 Å². The van der Waals surface area contributed by atoms with E-state index in [1.807, 2.05) is 0 Å². The van der Waals surface area contributed by atoms with Gasteiger partial charge in [-0.2, -0.15) is 0 Å². The number of hydrogen-bond donors (Lipinski definition) is 1. The average Bonchev–Trinajstić information content (AvgIpc) is 2.20. The Labute approximate surface area is 112 Å². The minimum atomic E-state index is -5.01. The van der Waals surface area contributed by atoms with Crippen LogP contribution in [0.4, 0.5) is 17.6 Å². The molecule has 0 bridgehead atoms. The number of carbonyl (C=O) groups is 1. The third-order valence-corrected chi connectivity index (χ3v) is 2.81. The summed E-state index contributed by atoms with van der Waals surface area (Å²) < 4.78 is 52.7. The number of nitrogens with zero attached hydrogens (tertiary/aromatic N) is 1. The second-order valence-corrected chi connectivity index (χ2v) is 4.28. The summed E-state index contributed by atoms with van der Waals surface area (Å²) in [5.74, 6) is -2.24. The molecule has 0 aliphatic rings. The molecule has 1 heterocycles. The zero-order chi connectivity index (χ0) is 13.9. The fraction of sp³-hybridized carbons (Fsp3) is 0.333. The fourth-order valence-corrected chi connectivity index (χ4v) is 1.88. The summed E-state index contributed by atoms with van der Waals surface area (Å²) in [6.07, 6.45) is -4.61. The first-order chi connectivity index (χ1) is 8.24. The maximum Gasteiger partial charge on any atom is 0.574 e. The lowest BCUT2D eigenvalue weighted by atomic mass is 10.1. The van der Waals surface area contributed by atoms with Gasteiger partial charge in [-0.1, -0.05) is 0 Å². The molecule has 100 valence electrons. The largest absolute Gasteiger partial charge is 0.574 e. The van der Waals surface area contributed by atoms with Gasteiger partial charge in [0.1, 0.15) is 6.67 Å². The van der Waals surface area contributed by atoms with Crippen molar-refractivity contribution in [1.82, 2.24) is 4.98 Å². The molecule has 0 aromatic carbocycles. The molecule has 0 saturated heterocycles. The van der Waals surface area contributed by atoms with E-state index in [0.29, 0.717) is 0 Å². The Morgan fingerprint density at radius 3 is 2.50 bits per heavy atom. The van der Waals surface area contributed by atoms with Crippen LogP contribution in [0.2, 0.25) is 0 Å². The first-order valence-electron chi connectivity index (χ1n) is 4.44. The number of carboxylic acids is 1. The van der Waals surface area contributed by atoms with E-state index < -0.39 is 36.9 Å². The fourth-order valence-electron chi connectivity index (χ4n) is 1.22. The highest BCUT2D eigenvalue weighted by Crippen LogP contribution is 2.30. The van der Waals surface area contributed by atoms with Crippen LogP contribution >= 0.6 is 22.6 Å². The van der Waals surface area contributed by atoms with Crippen LogP contribution in [0.1, 0.15) is 11.1 Å². The smallest absolute Gasteiger partial charge is 0.481 e. The average molecular weight is 379 g/mol. The number of halogens is 5. The molecule has 0 saturated carbocycles. The Morgan fingerprint density at radius 1 is 1.44 bits per heavy atom. The topological polar surface area (TPSA) is 59.4 Å². The van der Waals surface area contributed by atoms with Gasteiger partial charge in [0, 0.05) is 9.77 Å². The number of aliphatic carboxylic acids is 1. The quantitative estimate of drug-likeness (QED) is 0.646. The van der Waals surface area contributed by atoms with Crippen LogP contribution < -0.4 is 4.74 Å².